The molecule has 38 heavy (non-hydrogen) atoms. The van der Waals surface area contributed by atoms with Crippen LogP contribution in [0.4, 0.5) is 8.78 Å². The highest BCUT2D eigenvalue weighted by Crippen LogP contribution is 2.41. The van der Waals surface area contributed by atoms with E-state index in [0.717, 1.165) is 22.0 Å². The number of nitrogens with two attached hydrogens (primary N) is 1. The number of hydrogen-bond donors (Lipinski definition) is 1. The minimum absolute atomic E-state index is 0.0398. The Kier molecular flexibility index (Phi) is 8.05. The number of nitrogens with zero attached hydrogens (tertiary/aromatic N) is 1. The lowest BCUT2D eigenvalue weighted by molar-refractivity contribution is -0.138. The van der Waals surface area contributed by atoms with E-state index in [9.17, 15) is 18.8 Å². The van der Waals surface area contributed by atoms with Gasteiger partial charge in [-0.15, -0.1) is 11.3 Å². The first kappa shape index (κ1) is 27.6. The Labute approximate surface area is 229 Å². The molecule has 1 aliphatic heterocycles. The third kappa shape index (κ3) is 4.75. The van der Waals surface area contributed by atoms with Gasteiger partial charge in [-0.25, -0.2) is 18.4 Å². The normalized spacial score (nSPS) is 15.5. The Morgan fingerprint density at radius 3 is 2.16 bits per heavy atom. The first-order valence-corrected chi connectivity index (χ1v) is 12.9. The van der Waals surface area contributed by atoms with Crippen LogP contribution < -0.4 is 20.5 Å². The zero-order chi connectivity index (χ0) is 27.7. The fourth-order valence-electron chi connectivity index (χ4n) is 4.12. The number of esters is 2. The summed E-state index contributed by atoms with van der Waals surface area (Å²) in [5.74, 6) is -5.29. The summed E-state index contributed by atoms with van der Waals surface area (Å²) >= 11 is 13.3. The van der Waals surface area contributed by atoms with Crippen LogP contribution in [0.3, 0.4) is 0 Å². The van der Waals surface area contributed by atoms with Crippen molar-refractivity contribution in [3.63, 3.8) is 0 Å². The molecular weight excluding hydrogens is 561 g/mol. The van der Waals surface area contributed by atoms with Crippen molar-refractivity contribution in [2.24, 2.45) is 5.73 Å². The van der Waals surface area contributed by atoms with E-state index < -0.39 is 40.9 Å². The van der Waals surface area contributed by atoms with Gasteiger partial charge >= 0.3 is 11.9 Å². The molecule has 198 valence electrons. The van der Waals surface area contributed by atoms with Crippen LogP contribution >= 0.6 is 34.5 Å². The monoisotopic (exact) mass is 580 g/mol. The Morgan fingerprint density at radius 2 is 1.58 bits per heavy atom. The van der Waals surface area contributed by atoms with Gasteiger partial charge in [0.25, 0.3) is 5.56 Å². The molecule has 0 radical (unpaired) electrons. The lowest BCUT2D eigenvalue weighted by atomic mass is 9.82. The smallest absolute Gasteiger partial charge is 0.338 e. The van der Waals surface area contributed by atoms with Gasteiger partial charge in [0.2, 0.25) is 0 Å². The van der Waals surface area contributed by atoms with Crippen molar-refractivity contribution < 1.29 is 27.8 Å². The highest BCUT2D eigenvalue weighted by atomic mass is 35.5. The predicted molar refractivity (Wildman–Crippen MR) is 141 cm³/mol. The molecule has 4 rings (SSSR count). The molecule has 1 aromatic heterocycles. The van der Waals surface area contributed by atoms with E-state index in [1.54, 1.807) is 13.8 Å². The summed E-state index contributed by atoms with van der Waals surface area (Å²) in [5, 5.41) is -0.0502. The second kappa shape index (κ2) is 11.1. The van der Waals surface area contributed by atoms with Gasteiger partial charge in [-0.3, -0.25) is 9.36 Å². The van der Waals surface area contributed by atoms with E-state index in [4.69, 9.17) is 38.4 Å². The van der Waals surface area contributed by atoms with Gasteiger partial charge in [-0.1, -0.05) is 35.3 Å². The number of benzene rings is 2. The topological polar surface area (TPSA) is 101 Å². The molecule has 0 bridgehead atoms. The van der Waals surface area contributed by atoms with E-state index in [-0.39, 0.29) is 54.7 Å². The molecule has 2 heterocycles. The van der Waals surface area contributed by atoms with Gasteiger partial charge in [0.1, 0.15) is 22.1 Å². The van der Waals surface area contributed by atoms with Gasteiger partial charge < -0.3 is 15.2 Å². The lowest BCUT2D eigenvalue weighted by Gasteiger charge is -2.27. The third-order valence-corrected chi connectivity index (χ3v) is 7.47. The maximum Gasteiger partial charge on any atom is 0.338 e. The molecule has 1 atom stereocenters. The quantitative estimate of drug-likeness (QED) is 0.448. The maximum atomic E-state index is 15.3. The number of halogens is 4. The SMILES string of the molecule is CCOC(=O)C1=C(N)n2c(sc(=Cc3c(F)cccc3Cl)c2=O)=C(C(=O)OCC)[C@@H]1c1c(F)cccc1Cl. The van der Waals surface area contributed by atoms with Crippen LogP contribution in [0.5, 0.6) is 0 Å². The van der Waals surface area contributed by atoms with E-state index in [1.165, 1.54) is 36.4 Å². The molecule has 0 saturated heterocycles. The zero-order valence-electron chi connectivity index (χ0n) is 20.0. The first-order valence-electron chi connectivity index (χ1n) is 11.3. The summed E-state index contributed by atoms with van der Waals surface area (Å²) in [7, 11) is 0. The fourth-order valence-corrected chi connectivity index (χ4v) is 5.75. The van der Waals surface area contributed by atoms with Crippen LogP contribution in [0.2, 0.25) is 10.0 Å². The van der Waals surface area contributed by atoms with Gasteiger partial charge in [-0.05, 0) is 44.2 Å². The third-order valence-electron chi connectivity index (χ3n) is 5.70. The number of rotatable bonds is 6. The molecule has 12 heteroatoms. The minimum Gasteiger partial charge on any atom is -0.463 e. The largest absolute Gasteiger partial charge is 0.463 e. The summed E-state index contributed by atoms with van der Waals surface area (Å²) in [6, 6.07) is 7.87. The molecule has 2 aromatic carbocycles. The second-order valence-corrected chi connectivity index (χ2v) is 9.76. The number of aromatic nitrogens is 1. The molecule has 0 unspecified atom stereocenters. The molecular formula is C26H20Cl2F2N2O5S. The highest BCUT2D eigenvalue weighted by Gasteiger charge is 2.42. The van der Waals surface area contributed by atoms with Crippen molar-refractivity contribution in [2.45, 2.75) is 19.8 Å². The summed E-state index contributed by atoms with van der Waals surface area (Å²) in [4.78, 5) is 40.0. The Morgan fingerprint density at radius 1 is 1.00 bits per heavy atom. The summed E-state index contributed by atoms with van der Waals surface area (Å²) in [6.07, 6.45) is 1.21. The number of fused-ring (bicyclic) bond motifs is 1. The Balaban J connectivity index is 2.20. The number of thiazole rings is 1. The van der Waals surface area contributed by atoms with E-state index in [0.29, 0.717) is 0 Å². The second-order valence-electron chi connectivity index (χ2n) is 7.91. The molecule has 0 saturated carbocycles. The van der Waals surface area contributed by atoms with Crippen molar-refractivity contribution >= 4 is 63.9 Å². The standard InChI is InChI=1S/C26H20Cl2F2N2O5S/c1-3-36-25(34)20-19(18-14(28)8-6-10-16(18)30)21(26(35)37-4-2)24-32(22(20)31)23(33)17(38-24)11-12-13(27)7-5-9-15(12)29/h5-11,19H,3-4,31H2,1-2H3/t19-/m1/s1. The van der Waals surface area contributed by atoms with Crippen molar-refractivity contribution in [3.05, 3.63) is 94.3 Å². The average molecular weight is 581 g/mol. The van der Waals surface area contributed by atoms with Crippen molar-refractivity contribution in [3.8, 4) is 0 Å². The van der Waals surface area contributed by atoms with Gasteiger partial charge in [0.05, 0.1) is 39.8 Å². The maximum absolute atomic E-state index is 15.3. The van der Waals surface area contributed by atoms with Crippen LogP contribution in [0.15, 0.2) is 46.8 Å². The lowest BCUT2D eigenvalue weighted by Crippen LogP contribution is -2.42. The molecule has 7 nitrogen and oxygen atoms in total. The number of carbonyl (C=O) groups excluding carboxylic acids is 2. The molecule has 0 amide bonds. The van der Waals surface area contributed by atoms with Crippen LogP contribution in [0, 0.1) is 11.6 Å². The van der Waals surface area contributed by atoms with Gasteiger partial charge in [0.15, 0.2) is 0 Å². The van der Waals surface area contributed by atoms with Gasteiger partial charge in [-0.2, -0.15) is 0 Å². The molecule has 3 aromatic rings. The predicted octanol–water partition coefficient (Wildman–Crippen LogP) is 3.53. The van der Waals surface area contributed by atoms with E-state index in [2.05, 4.69) is 0 Å². The Hall–Kier alpha value is -3.47. The number of carbonyl (C=O) groups is 2. The van der Waals surface area contributed by atoms with Crippen LogP contribution in [-0.2, 0) is 19.1 Å². The first-order chi connectivity index (χ1) is 18.1. The van der Waals surface area contributed by atoms with Crippen molar-refractivity contribution in [2.75, 3.05) is 13.2 Å². The minimum atomic E-state index is -1.47. The zero-order valence-corrected chi connectivity index (χ0v) is 22.3. The molecule has 0 spiro atoms. The van der Waals surface area contributed by atoms with E-state index >= 15 is 4.39 Å². The van der Waals surface area contributed by atoms with E-state index in [1.807, 2.05) is 0 Å². The summed E-state index contributed by atoms with van der Waals surface area (Å²) in [6.45, 7) is 2.97. The van der Waals surface area contributed by atoms with Crippen LogP contribution in [0.1, 0.15) is 30.9 Å². The van der Waals surface area contributed by atoms with Crippen LogP contribution in [-0.4, -0.2) is 29.7 Å². The molecule has 0 fully saturated rings. The van der Waals surface area contributed by atoms with Crippen molar-refractivity contribution in [1.82, 2.24) is 4.57 Å². The summed E-state index contributed by atoms with van der Waals surface area (Å²) in [5.41, 5.74) is 4.68. The van der Waals surface area contributed by atoms with Crippen LogP contribution in [0.25, 0.3) is 17.5 Å². The number of ether oxygens (including phenoxy) is 2. The Bertz CT molecular complexity index is 1640. The van der Waals surface area contributed by atoms with Crippen molar-refractivity contribution in [1.29, 1.82) is 0 Å². The highest BCUT2D eigenvalue weighted by molar-refractivity contribution is 7.07. The molecule has 0 aliphatic carbocycles. The van der Waals surface area contributed by atoms with Gasteiger partial charge in [0, 0.05) is 16.1 Å². The molecule has 2 N–H and O–H groups in total. The fraction of sp³-hybridized carbons (Fsp3) is 0.192. The summed E-state index contributed by atoms with van der Waals surface area (Å²) < 4.78 is 41.0. The number of hydrogen-bond acceptors (Lipinski definition) is 7. The average Bonchev–Trinajstić information content (AvgIpc) is 3.17. The molecule has 1 aliphatic rings.